The van der Waals surface area contributed by atoms with Gasteiger partial charge in [0, 0.05) is 15.7 Å². The Morgan fingerprint density at radius 2 is 2.27 bits per heavy atom. The van der Waals surface area contributed by atoms with Gasteiger partial charge in [0.05, 0.1) is 17.9 Å². The summed E-state index contributed by atoms with van der Waals surface area (Å²) in [5.41, 5.74) is 2.00. The van der Waals surface area contributed by atoms with Gasteiger partial charge >= 0.3 is 0 Å². The van der Waals surface area contributed by atoms with Crippen LogP contribution in [-0.4, -0.2) is 10.2 Å². The van der Waals surface area contributed by atoms with E-state index < -0.39 is 0 Å². The third-order valence-electron chi connectivity index (χ3n) is 1.96. The van der Waals surface area contributed by atoms with Crippen LogP contribution in [0.5, 0.6) is 0 Å². The number of benzene rings is 1. The van der Waals surface area contributed by atoms with Gasteiger partial charge in [-0.2, -0.15) is 5.10 Å². The highest BCUT2D eigenvalue weighted by Gasteiger charge is 2.00. The molecule has 2 N–H and O–H groups in total. The van der Waals surface area contributed by atoms with Crippen LogP contribution < -0.4 is 5.32 Å². The molecule has 0 atom stereocenters. The second-order valence-electron chi connectivity index (χ2n) is 3.06. The molecule has 0 spiro atoms. The first kappa shape index (κ1) is 10.5. The van der Waals surface area contributed by atoms with Gasteiger partial charge in [-0.3, -0.25) is 5.10 Å². The molecule has 1 aromatic heterocycles. The van der Waals surface area contributed by atoms with Gasteiger partial charge < -0.3 is 5.32 Å². The van der Waals surface area contributed by atoms with Crippen LogP contribution in [0.3, 0.4) is 0 Å². The van der Waals surface area contributed by atoms with Gasteiger partial charge in [0.1, 0.15) is 0 Å². The van der Waals surface area contributed by atoms with Crippen LogP contribution in [0, 0.1) is 0 Å². The van der Waals surface area contributed by atoms with Crippen molar-refractivity contribution in [3.05, 3.63) is 45.7 Å². The van der Waals surface area contributed by atoms with Crippen molar-refractivity contribution >= 4 is 33.2 Å². The number of anilines is 1. The molecule has 78 valence electrons. The van der Waals surface area contributed by atoms with Crippen LogP contribution in [0.15, 0.2) is 34.9 Å². The standard InChI is InChI=1S/C10H9BrClN3/c11-9-2-1-7(12)5-10(9)13-6-8-3-4-14-15-8/h1-5,13H,6H2,(H,14,15). The molecule has 5 heteroatoms. The lowest BCUT2D eigenvalue weighted by atomic mass is 10.3. The molecular weight excluding hydrogens is 277 g/mol. The molecule has 0 aliphatic heterocycles. The van der Waals surface area contributed by atoms with E-state index in [-0.39, 0.29) is 0 Å². The summed E-state index contributed by atoms with van der Waals surface area (Å²) in [5.74, 6) is 0. The number of nitrogens with zero attached hydrogens (tertiary/aromatic N) is 1. The third kappa shape index (κ3) is 2.73. The molecule has 0 saturated heterocycles. The smallest absolute Gasteiger partial charge is 0.0568 e. The van der Waals surface area contributed by atoms with E-state index in [0.717, 1.165) is 15.9 Å². The Bertz CT molecular complexity index is 442. The highest BCUT2D eigenvalue weighted by Crippen LogP contribution is 2.26. The van der Waals surface area contributed by atoms with Crippen LogP contribution in [0.4, 0.5) is 5.69 Å². The molecule has 0 fully saturated rings. The van der Waals surface area contributed by atoms with Crippen molar-refractivity contribution in [1.82, 2.24) is 10.2 Å². The monoisotopic (exact) mass is 285 g/mol. The summed E-state index contributed by atoms with van der Waals surface area (Å²) >= 11 is 9.34. The van der Waals surface area contributed by atoms with Gasteiger partial charge in [0.2, 0.25) is 0 Å². The Kier molecular flexibility index (Phi) is 3.28. The van der Waals surface area contributed by atoms with Crippen LogP contribution in [0.2, 0.25) is 5.02 Å². The van der Waals surface area contributed by atoms with Crippen LogP contribution in [-0.2, 0) is 6.54 Å². The number of nitrogens with one attached hydrogen (secondary N) is 2. The zero-order valence-corrected chi connectivity index (χ0v) is 10.1. The number of aromatic amines is 1. The van der Waals surface area contributed by atoms with Gasteiger partial charge in [-0.05, 0) is 40.2 Å². The number of hydrogen-bond acceptors (Lipinski definition) is 2. The highest BCUT2D eigenvalue weighted by molar-refractivity contribution is 9.10. The molecule has 3 nitrogen and oxygen atoms in total. The maximum absolute atomic E-state index is 5.90. The van der Waals surface area contributed by atoms with Gasteiger partial charge in [0.15, 0.2) is 0 Å². The topological polar surface area (TPSA) is 40.7 Å². The quantitative estimate of drug-likeness (QED) is 0.907. The van der Waals surface area contributed by atoms with E-state index >= 15 is 0 Å². The van der Waals surface area contributed by atoms with Gasteiger partial charge in [-0.1, -0.05) is 11.6 Å². The summed E-state index contributed by atoms with van der Waals surface area (Å²) in [7, 11) is 0. The van der Waals surface area contributed by atoms with Gasteiger partial charge in [-0.15, -0.1) is 0 Å². The summed E-state index contributed by atoms with van der Waals surface area (Å²) in [6.07, 6.45) is 1.73. The van der Waals surface area contributed by atoms with Crippen molar-refractivity contribution in [2.75, 3.05) is 5.32 Å². The first-order valence-electron chi connectivity index (χ1n) is 4.43. The normalized spacial score (nSPS) is 10.3. The summed E-state index contributed by atoms with van der Waals surface area (Å²) < 4.78 is 0.992. The van der Waals surface area contributed by atoms with Crippen molar-refractivity contribution in [2.24, 2.45) is 0 Å². The molecule has 0 saturated carbocycles. The average molecular weight is 287 g/mol. The number of rotatable bonds is 3. The molecule has 1 heterocycles. The molecular formula is C10H9BrClN3. The summed E-state index contributed by atoms with van der Waals surface area (Å²) in [6.45, 7) is 0.693. The first-order chi connectivity index (χ1) is 7.25. The lowest BCUT2D eigenvalue weighted by molar-refractivity contribution is 0.981. The van der Waals surface area contributed by atoms with Crippen molar-refractivity contribution in [3.8, 4) is 0 Å². The zero-order valence-electron chi connectivity index (χ0n) is 7.80. The minimum absolute atomic E-state index is 0.693. The van der Waals surface area contributed by atoms with Crippen LogP contribution >= 0.6 is 27.5 Å². The number of hydrogen-bond donors (Lipinski definition) is 2. The molecule has 0 amide bonds. The highest BCUT2D eigenvalue weighted by atomic mass is 79.9. The maximum Gasteiger partial charge on any atom is 0.0568 e. The van der Waals surface area contributed by atoms with E-state index in [2.05, 4.69) is 31.4 Å². The largest absolute Gasteiger partial charge is 0.378 e. The molecule has 1 aromatic carbocycles. The lowest BCUT2D eigenvalue weighted by Gasteiger charge is -2.07. The average Bonchev–Trinajstić information content (AvgIpc) is 2.72. The summed E-state index contributed by atoms with van der Waals surface area (Å²) in [6, 6.07) is 7.55. The fraction of sp³-hybridized carbons (Fsp3) is 0.100. The van der Waals surface area contributed by atoms with E-state index in [1.807, 2.05) is 24.3 Å². The molecule has 0 bridgehead atoms. The molecule has 2 aromatic rings. The predicted octanol–water partition coefficient (Wildman–Crippen LogP) is 3.44. The Hall–Kier alpha value is -1.00. The molecule has 0 unspecified atom stereocenters. The van der Waals surface area contributed by atoms with Crippen LogP contribution in [0.25, 0.3) is 0 Å². The summed E-state index contributed by atoms with van der Waals surface area (Å²) in [4.78, 5) is 0. The predicted molar refractivity (Wildman–Crippen MR) is 65.1 cm³/mol. The van der Waals surface area contributed by atoms with Crippen molar-refractivity contribution in [2.45, 2.75) is 6.54 Å². The maximum atomic E-state index is 5.90. The number of aromatic nitrogens is 2. The minimum atomic E-state index is 0.693. The van der Waals surface area contributed by atoms with Gasteiger partial charge in [0.25, 0.3) is 0 Å². The Balaban J connectivity index is 2.07. The van der Waals surface area contributed by atoms with Crippen molar-refractivity contribution in [3.63, 3.8) is 0 Å². The fourth-order valence-electron chi connectivity index (χ4n) is 1.21. The van der Waals surface area contributed by atoms with E-state index in [1.54, 1.807) is 6.20 Å². The van der Waals surface area contributed by atoms with E-state index in [9.17, 15) is 0 Å². The van der Waals surface area contributed by atoms with Crippen molar-refractivity contribution < 1.29 is 0 Å². The van der Waals surface area contributed by atoms with Gasteiger partial charge in [-0.25, -0.2) is 0 Å². The lowest BCUT2D eigenvalue weighted by Crippen LogP contribution is -2.00. The van der Waals surface area contributed by atoms with Crippen molar-refractivity contribution in [1.29, 1.82) is 0 Å². The molecule has 0 radical (unpaired) electrons. The molecule has 0 aliphatic rings. The Morgan fingerprint density at radius 1 is 1.40 bits per heavy atom. The molecule has 0 aliphatic carbocycles. The fourth-order valence-corrected chi connectivity index (χ4v) is 1.77. The third-order valence-corrected chi connectivity index (χ3v) is 2.88. The minimum Gasteiger partial charge on any atom is -0.378 e. The summed E-state index contributed by atoms with van der Waals surface area (Å²) in [5, 5.41) is 10.7. The number of halogens is 2. The van der Waals surface area contributed by atoms with E-state index in [1.165, 1.54) is 0 Å². The molecule has 15 heavy (non-hydrogen) atoms. The SMILES string of the molecule is Clc1ccc(Br)c(NCc2ccn[nH]2)c1. The van der Waals surface area contributed by atoms with Crippen LogP contribution in [0.1, 0.15) is 5.69 Å². The zero-order chi connectivity index (χ0) is 10.7. The van der Waals surface area contributed by atoms with E-state index in [0.29, 0.717) is 11.6 Å². The second-order valence-corrected chi connectivity index (χ2v) is 4.35. The number of H-pyrrole nitrogens is 1. The second kappa shape index (κ2) is 4.68. The first-order valence-corrected chi connectivity index (χ1v) is 5.60. The van der Waals surface area contributed by atoms with E-state index in [4.69, 9.17) is 11.6 Å². The Labute approximate surface area is 101 Å². The Morgan fingerprint density at radius 3 is 3.00 bits per heavy atom. The molecule has 2 rings (SSSR count).